The van der Waals surface area contributed by atoms with Crippen LogP contribution in [-0.2, 0) is 0 Å². The standard InChI is InChI=1S/C11H22N2S/c1-12-10-3-4-11(12)9-13(7-5-10)6-2-8-14/h10-11,14H,2-9H2,1H3. The van der Waals surface area contributed by atoms with E-state index >= 15 is 0 Å². The van der Waals surface area contributed by atoms with E-state index in [9.17, 15) is 0 Å². The van der Waals surface area contributed by atoms with Crippen LogP contribution in [-0.4, -0.2) is 54.3 Å². The molecule has 0 radical (unpaired) electrons. The number of likely N-dealkylation sites (N-methyl/N-ethyl adjacent to an activating group) is 1. The van der Waals surface area contributed by atoms with Crippen LogP contribution in [0.1, 0.15) is 25.7 Å². The van der Waals surface area contributed by atoms with Gasteiger partial charge in [-0.3, -0.25) is 4.90 Å². The van der Waals surface area contributed by atoms with Gasteiger partial charge in [0.25, 0.3) is 0 Å². The highest BCUT2D eigenvalue weighted by atomic mass is 32.1. The largest absolute Gasteiger partial charge is 0.302 e. The number of likely N-dealkylation sites (tertiary alicyclic amines) is 1. The van der Waals surface area contributed by atoms with Gasteiger partial charge in [-0.25, -0.2) is 0 Å². The van der Waals surface area contributed by atoms with Crippen LogP contribution in [0.3, 0.4) is 0 Å². The van der Waals surface area contributed by atoms with Gasteiger partial charge in [-0.15, -0.1) is 0 Å². The maximum atomic E-state index is 4.28. The Morgan fingerprint density at radius 3 is 2.79 bits per heavy atom. The molecule has 2 nitrogen and oxygen atoms in total. The molecule has 0 saturated carbocycles. The normalized spacial score (nSPS) is 34.7. The van der Waals surface area contributed by atoms with Gasteiger partial charge in [0.15, 0.2) is 0 Å². The summed E-state index contributed by atoms with van der Waals surface area (Å²) in [7, 11) is 2.31. The molecule has 2 rings (SSSR count). The molecule has 0 N–H and O–H groups in total. The molecular weight excluding hydrogens is 192 g/mol. The van der Waals surface area contributed by atoms with Gasteiger partial charge in [-0.2, -0.15) is 12.6 Å². The Balaban J connectivity index is 1.87. The van der Waals surface area contributed by atoms with Crippen LogP contribution in [0.15, 0.2) is 0 Å². The number of hydrogen-bond acceptors (Lipinski definition) is 3. The summed E-state index contributed by atoms with van der Waals surface area (Å²) in [6.07, 6.45) is 5.46. The molecular formula is C11H22N2S. The van der Waals surface area contributed by atoms with Crippen LogP contribution < -0.4 is 0 Å². The number of thiol groups is 1. The van der Waals surface area contributed by atoms with Crippen molar-refractivity contribution < 1.29 is 0 Å². The van der Waals surface area contributed by atoms with E-state index in [4.69, 9.17) is 0 Å². The van der Waals surface area contributed by atoms with Crippen molar-refractivity contribution in [3.05, 3.63) is 0 Å². The zero-order valence-electron chi connectivity index (χ0n) is 9.15. The highest BCUT2D eigenvalue weighted by Crippen LogP contribution is 2.28. The molecule has 2 unspecified atom stereocenters. The number of hydrogen-bond donors (Lipinski definition) is 1. The van der Waals surface area contributed by atoms with Gasteiger partial charge in [0.2, 0.25) is 0 Å². The van der Waals surface area contributed by atoms with Crippen molar-refractivity contribution in [2.24, 2.45) is 0 Å². The lowest BCUT2D eigenvalue weighted by atomic mass is 10.1. The summed E-state index contributed by atoms with van der Waals surface area (Å²) in [6, 6.07) is 1.71. The van der Waals surface area contributed by atoms with E-state index in [0.29, 0.717) is 0 Å². The maximum Gasteiger partial charge on any atom is 0.0223 e. The molecule has 0 aliphatic carbocycles. The third-order valence-corrected chi connectivity index (χ3v) is 4.18. The third kappa shape index (κ3) is 2.26. The molecule has 0 aromatic heterocycles. The molecule has 14 heavy (non-hydrogen) atoms. The van der Waals surface area contributed by atoms with Crippen molar-refractivity contribution in [1.29, 1.82) is 0 Å². The van der Waals surface area contributed by atoms with E-state index in [2.05, 4.69) is 29.5 Å². The SMILES string of the molecule is CN1C2CCC1CN(CCCS)CC2. The lowest BCUT2D eigenvalue weighted by Crippen LogP contribution is -2.37. The lowest BCUT2D eigenvalue weighted by molar-refractivity contribution is 0.219. The van der Waals surface area contributed by atoms with Crippen LogP contribution >= 0.6 is 12.6 Å². The maximum absolute atomic E-state index is 4.28. The summed E-state index contributed by atoms with van der Waals surface area (Å²) in [5.74, 6) is 1.03. The van der Waals surface area contributed by atoms with Crippen molar-refractivity contribution in [3.63, 3.8) is 0 Å². The number of fused-ring (bicyclic) bond motifs is 2. The second-order valence-corrected chi connectivity index (χ2v) is 5.16. The van der Waals surface area contributed by atoms with Crippen LogP contribution in [0.25, 0.3) is 0 Å². The molecule has 82 valence electrons. The van der Waals surface area contributed by atoms with Crippen LogP contribution in [0.4, 0.5) is 0 Å². The van der Waals surface area contributed by atoms with Gasteiger partial charge in [0, 0.05) is 18.6 Å². The monoisotopic (exact) mass is 214 g/mol. The summed E-state index contributed by atoms with van der Waals surface area (Å²) in [6.45, 7) is 3.85. The van der Waals surface area contributed by atoms with Crippen LogP contribution in [0.5, 0.6) is 0 Å². The highest BCUT2D eigenvalue weighted by molar-refractivity contribution is 7.80. The average Bonchev–Trinajstić information content (AvgIpc) is 2.40. The Morgan fingerprint density at radius 2 is 2.00 bits per heavy atom. The molecule has 0 aromatic carbocycles. The van der Waals surface area contributed by atoms with Gasteiger partial charge in [0.1, 0.15) is 0 Å². The summed E-state index contributed by atoms with van der Waals surface area (Å²) in [5.41, 5.74) is 0. The topological polar surface area (TPSA) is 6.48 Å². The van der Waals surface area contributed by atoms with Crippen molar-refractivity contribution in [2.75, 3.05) is 32.4 Å². The first kappa shape index (κ1) is 10.8. The van der Waals surface area contributed by atoms with Gasteiger partial charge in [-0.1, -0.05) is 0 Å². The second-order valence-electron chi connectivity index (χ2n) is 4.72. The van der Waals surface area contributed by atoms with Crippen molar-refractivity contribution >= 4 is 12.6 Å². The Morgan fingerprint density at radius 1 is 1.21 bits per heavy atom. The molecule has 2 saturated heterocycles. The molecule has 0 spiro atoms. The van der Waals surface area contributed by atoms with Crippen molar-refractivity contribution in [3.8, 4) is 0 Å². The molecule has 2 heterocycles. The van der Waals surface area contributed by atoms with E-state index in [1.165, 1.54) is 45.3 Å². The Kier molecular flexibility index (Phi) is 3.74. The quantitative estimate of drug-likeness (QED) is 0.711. The molecule has 2 aliphatic rings. The fourth-order valence-corrected chi connectivity index (χ4v) is 3.02. The number of rotatable bonds is 3. The molecule has 2 bridgehead atoms. The molecule has 0 amide bonds. The predicted octanol–water partition coefficient (Wildman–Crippen LogP) is 1.47. The highest BCUT2D eigenvalue weighted by Gasteiger charge is 2.34. The zero-order chi connectivity index (χ0) is 9.97. The lowest BCUT2D eigenvalue weighted by Gasteiger charge is -2.25. The van der Waals surface area contributed by atoms with Crippen molar-refractivity contribution in [2.45, 2.75) is 37.8 Å². The molecule has 2 aliphatic heterocycles. The second kappa shape index (κ2) is 4.86. The minimum Gasteiger partial charge on any atom is -0.302 e. The Hall–Kier alpha value is 0.270. The predicted molar refractivity (Wildman–Crippen MR) is 64.1 cm³/mol. The fourth-order valence-electron chi connectivity index (χ4n) is 2.88. The molecule has 0 aromatic rings. The summed E-state index contributed by atoms with van der Waals surface area (Å²) >= 11 is 4.28. The van der Waals surface area contributed by atoms with E-state index in [1.54, 1.807) is 0 Å². The fraction of sp³-hybridized carbons (Fsp3) is 1.00. The van der Waals surface area contributed by atoms with Gasteiger partial charge < -0.3 is 4.90 Å². The van der Waals surface area contributed by atoms with Gasteiger partial charge >= 0.3 is 0 Å². The first-order chi connectivity index (χ1) is 6.81. The van der Waals surface area contributed by atoms with E-state index in [1.807, 2.05) is 0 Å². The summed E-state index contributed by atoms with van der Waals surface area (Å²) in [5, 5.41) is 0. The molecule has 2 fully saturated rings. The minimum atomic E-state index is 0.836. The zero-order valence-corrected chi connectivity index (χ0v) is 10.0. The molecule has 2 atom stereocenters. The molecule has 3 heteroatoms. The Labute approximate surface area is 93.1 Å². The Bertz CT molecular complexity index is 186. The van der Waals surface area contributed by atoms with E-state index in [-0.39, 0.29) is 0 Å². The minimum absolute atomic E-state index is 0.836. The van der Waals surface area contributed by atoms with E-state index < -0.39 is 0 Å². The van der Waals surface area contributed by atoms with Crippen molar-refractivity contribution in [1.82, 2.24) is 9.80 Å². The van der Waals surface area contributed by atoms with E-state index in [0.717, 1.165) is 17.8 Å². The summed E-state index contributed by atoms with van der Waals surface area (Å²) < 4.78 is 0. The number of nitrogens with zero attached hydrogens (tertiary/aromatic N) is 2. The van der Waals surface area contributed by atoms with Crippen LogP contribution in [0, 0.1) is 0 Å². The van der Waals surface area contributed by atoms with Gasteiger partial charge in [-0.05, 0) is 51.6 Å². The third-order valence-electron chi connectivity index (χ3n) is 3.87. The first-order valence-electron chi connectivity index (χ1n) is 5.86. The summed E-state index contributed by atoms with van der Waals surface area (Å²) in [4.78, 5) is 5.25. The smallest absolute Gasteiger partial charge is 0.0223 e. The van der Waals surface area contributed by atoms with Crippen LogP contribution in [0.2, 0.25) is 0 Å². The first-order valence-corrected chi connectivity index (χ1v) is 6.49. The average molecular weight is 214 g/mol. The van der Waals surface area contributed by atoms with Gasteiger partial charge in [0.05, 0.1) is 0 Å².